The summed E-state index contributed by atoms with van der Waals surface area (Å²) in [5, 5.41) is 19.0. The van der Waals surface area contributed by atoms with Crippen molar-refractivity contribution in [2.75, 3.05) is 19.6 Å². The second kappa shape index (κ2) is 20.4. The Morgan fingerprint density at radius 3 is 1.68 bits per heavy atom. The maximum Gasteiger partial charge on any atom is 0.325 e. The first-order valence-corrected chi connectivity index (χ1v) is 13.5. The lowest BCUT2D eigenvalue weighted by Crippen LogP contribution is -2.57. The normalized spacial score (nSPS) is 14.5. The zero-order valence-corrected chi connectivity index (χ0v) is 23.5. The third-order valence-electron chi connectivity index (χ3n) is 5.95. The van der Waals surface area contributed by atoms with Crippen molar-refractivity contribution < 1.29 is 29.1 Å². The summed E-state index contributed by atoms with van der Waals surface area (Å²) < 4.78 is 0. The van der Waals surface area contributed by atoms with Crippen LogP contribution in [0.25, 0.3) is 0 Å². The van der Waals surface area contributed by atoms with Gasteiger partial charge in [0.05, 0.1) is 6.04 Å². The van der Waals surface area contributed by atoms with E-state index in [1.54, 1.807) is 0 Å². The molecule has 0 bridgehead atoms. The number of carbonyl (C=O) groups excluding carboxylic acids is 4. The number of aliphatic imine (C=N–C) groups is 1. The Kier molecular flexibility index (Phi) is 18.6. The number of nitrogens with two attached hydrogens (primary N) is 5. The molecule has 5 atom stereocenters. The van der Waals surface area contributed by atoms with Gasteiger partial charge >= 0.3 is 5.97 Å². The average Bonchev–Trinajstić information content (AvgIpc) is 2.89. The molecule has 0 aromatic heterocycles. The Labute approximate surface area is 235 Å². The third kappa shape index (κ3) is 15.8. The molecule has 0 aromatic rings. The molecule has 230 valence electrons. The molecule has 16 nitrogen and oxygen atoms in total. The summed E-state index contributed by atoms with van der Waals surface area (Å²) in [7, 11) is 0. The minimum Gasteiger partial charge on any atom is -0.480 e. The first-order chi connectivity index (χ1) is 18.8. The molecule has 0 saturated heterocycles. The number of carbonyl (C=O) groups is 5. The molecule has 0 unspecified atom stereocenters. The van der Waals surface area contributed by atoms with Crippen LogP contribution in [0, 0.1) is 0 Å². The molecular formula is C24H48N10O6. The van der Waals surface area contributed by atoms with Crippen molar-refractivity contribution in [2.24, 2.45) is 33.7 Å². The SMILES string of the molecule is C[C@H](NC(=O)[C@H](C)NC(=O)[C@H](CCCN=C(N)N)NC(=O)[C@H](CCCCN)NC(=O)[C@@H](N)CCCCN)C(=O)O. The highest BCUT2D eigenvalue weighted by atomic mass is 16.4. The monoisotopic (exact) mass is 572 g/mol. The van der Waals surface area contributed by atoms with E-state index in [2.05, 4.69) is 26.3 Å². The standard InChI is InChI=1S/C24H48N10O6/c1-14(19(35)32-15(2)23(39)40)31-21(37)18(10-7-13-30-24(28)29)34-22(38)17(9-4-6-12-26)33-20(36)16(27)8-3-5-11-25/h14-18H,3-13,25-27H2,1-2H3,(H,31,37)(H,32,35)(H,33,36)(H,34,38)(H,39,40)(H4,28,29,30)/t14-,15-,16-,17-,18-/m0/s1. The van der Waals surface area contributed by atoms with E-state index in [0.717, 1.165) is 0 Å². The van der Waals surface area contributed by atoms with Crippen LogP contribution in [0.4, 0.5) is 0 Å². The molecule has 0 rings (SSSR count). The minimum absolute atomic E-state index is 0.107. The fraction of sp³-hybridized carbons (Fsp3) is 0.750. The molecule has 40 heavy (non-hydrogen) atoms. The van der Waals surface area contributed by atoms with Gasteiger partial charge in [0.2, 0.25) is 23.6 Å². The molecule has 0 aliphatic rings. The first kappa shape index (κ1) is 36.5. The Morgan fingerprint density at radius 1 is 0.675 bits per heavy atom. The van der Waals surface area contributed by atoms with Crippen LogP contribution >= 0.6 is 0 Å². The van der Waals surface area contributed by atoms with Gasteiger partial charge in [0.1, 0.15) is 24.2 Å². The van der Waals surface area contributed by atoms with E-state index in [1.807, 2.05) is 0 Å². The predicted molar refractivity (Wildman–Crippen MR) is 150 cm³/mol. The Balaban J connectivity index is 5.57. The molecule has 0 heterocycles. The number of amides is 4. The van der Waals surface area contributed by atoms with Gasteiger partial charge in [-0.05, 0) is 71.9 Å². The van der Waals surface area contributed by atoms with Gasteiger partial charge in [0, 0.05) is 6.54 Å². The van der Waals surface area contributed by atoms with E-state index in [0.29, 0.717) is 51.6 Å². The second-order valence-corrected chi connectivity index (χ2v) is 9.55. The molecule has 4 amide bonds. The van der Waals surface area contributed by atoms with Crippen LogP contribution < -0.4 is 49.9 Å². The number of nitrogens with one attached hydrogen (secondary N) is 4. The fourth-order valence-electron chi connectivity index (χ4n) is 3.50. The van der Waals surface area contributed by atoms with E-state index >= 15 is 0 Å². The number of carboxylic acids is 1. The van der Waals surface area contributed by atoms with Crippen LogP contribution in [0.1, 0.15) is 65.2 Å². The molecule has 0 radical (unpaired) electrons. The van der Waals surface area contributed by atoms with Crippen molar-refractivity contribution in [1.29, 1.82) is 0 Å². The van der Waals surface area contributed by atoms with Crippen molar-refractivity contribution >= 4 is 35.6 Å². The summed E-state index contributed by atoms with van der Waals surface area (Å²) in [5.41, 5.74) is 27.7. The maximum atomic E-state index is 13.2. The summed E-state index contributed by atoms with van der Waals surface area (Å²) in [4.78, 5) is 66.2. The molecule has 15 N–H and O–H groups in total. The van der Waals surface area contributed by atoms with Crippen molar-refractivity contribution in [3.05, 3.63) is 0 Å². The number of hydrogen-bond donors (Lipinski definition) is 10. The molecule has 0 aromatic carbocycles. The van der Waals surface area contributed by atoms with Crippen molar-refractivity contribution in [3.63, 3.8) is 0 Å². The van der Waals surface area contributed by atoms with E-state index < -0.39 is 59.8 Å². The number of carboxylic acid groups (broad SMARTS) is 1. The largest absolute Gasteiger partial charge is 0.480 e. The number of unbranched alkanes of at least 4 members (excludes halogenated alkanes) is 2. The predicted octanol–water partition coefficient (Wildman–Crippen LogP) is -3.31. The lowest BCUT2D eigenvalue weighted by atomic mass is 10.0. The molecule has 0 spiro atoms. The Morgan fingerprint density at radius 2 is 1.15 bits per heavy atom. The number of aliphatic carboxylic acids is 1. The number of nitrogens with zero attached hydrogens (tertiary/aromatic N) is 1. The Bertz CT molecular complexity index is 852. The third-order valence-corrected chi connectivity index (χ3v) is 5.95. The van der Waals surface area contributed by atoms with Crippen molar-refractivity contribution in [1.82, 2.24) is 21.3 Å². The zero-order valence-electron chi connectivity index (χ0n) is 23.5. The van der Waals surface area contributed by atoms with Crippen LogP contribution in [-0.2, 0) is 24.0 Å². The average molecular weight is 573 g/mol. The highest BCUT2D eigenvalue weighted by Crippen LogP contribution is 2.07. The number of hydrogen-bond acceptors (Lipinski definition) is 9. The van der Waals surface area contributed by atoms with Crippen LogP contribution in [0.5, 0.6) is 0 Å². The van der Waals surface area contributed by atoms with Crippen LogP contribution in [0.2, 0.25) is 0 Å². The summed E-state index contributed by atoms with van der Waals surface area (Å²) in [5.74, 6) is -3.89. The summed E-state index contributed by atoms with van der Waals surface area (Å²) >= 11 is 0. The summed E-state index contributed by atoms with van der Waals surface area (Å²) in [6.45, 7) is 3.72. The lowest BCUT2D eigenvalue weighted by molar-refractivity contribution is -0.141. The number of rotatable bonds is 21. The van der Waals surface area contributed by atoms with Gasteiger partial charge in [-0.25, -0.2) is 0 Å². The van der Waals surface area contributed by atoms with Crippen LogP contribution in [-0.4, -0.2) is 90.5 Å². The first-order valence-electron chi connectivity index (χ1n) is 13.5. The van der Waals surface area contributed by atoms with Gasteiger partial charge in [-0.15, -0.1) is 0 Å². The number of guanidine groups is 1. The van der Waals surface area contributed by atoms with Crippen molar-refractivity contribution in [2.45, 2.75) is 95.4 Å². The summed E-state index contributed by atoms with van der Waals surface area (Å²) in [6, 6.07) is -5.19. The molecule has 0 aliphatic carbocycles. The lowest BCUT2D eigenvalue weighted by Gasteiger charge is -2.25. The fourth-order valence-corrected chi connectivity index (χ4v) is 3.50. The van der Waals surface area contributed by atoms with Gasteiger partial charge < -0.3 is 55.0 Å². The van der Waals surface area contributed by atoms with Crippen molar-refractivity contribution in [3.8, 4) is 0 Å². The maximum absolute atomic E-state index is 13.2. The van der Waals surface area contributed by atoms with Gasteiger partial charge in [0.15, 0.2) is 5.96 Å². The van der Waals surface area contributed by atoms with E-state index in [1.165, 1.54) is 13.8 Å². The molecule has 0 saturated carbocycles. The smallest absolute Gasteiger partial charge is 0.325 e. The molecule has 16 heteroatoms. The highest BCUT2D eigenvalue weighted by molar-refractivity contribution is 5.95. The second-order valence-electron chi connectivity index (χ2n) is 9.55. The van der Waals surface area contributed by atoms with E-state index in [4.69, 9.17) is 33.8 Å². The quantitative estimate of drug-likeness (QED) is 0.0369. The van der Waals surface area contributed by atoms with E-state index in [9.17, 15) is 24.0 Å². The zero-order chi connectivity index (χ0) is 30.7. The van der Waals surface area contributed by atoms with Gasteiger partial charge in [-0.3, -0.25) is 29.0 Å². The minimum atomic E-state index is -1.24. The highest BCUT2D eigenvalue weighted by Gasteiger charge is 2.29. The molecule has 0 fully saturated rings. The van der Waals surface area contributed by atoms with Gasteiger partial charge in [-0.1, -0.05) is 6.42 Å². The van der Waals surface area contributed by atoms with Crippen LogP contribution in [0.15, 0.2) is 4.99 Å². The topological polar surface area (TPSA) is 296 Å². The van der Waals surface area contributed by atoms with Crippen LogP contribution in [0.3, 0.4) is 0 Å². The van der Waals surface area contributed by atoms with E-state index in [-0.39, 0.29) is 25.3 Å². The molecular weight excluding hydrogens is 524 g/mol. The Hall–Kier alpha value is -3.50. The van der Waals surface area contributed by atoms with Gasteiger partial charge in [0.25, 0.3) is 0 Å². The van der Waals surface area contributed by atoms with Gasteiger partial charge in [-0.2, -0.15) is 0 Å². The molecule has 0 aliphatic heterocycles. The summed E-state index contributed by atoms with van der Waals surface area (Å²) in [6.07, 6.45) is 3.60.